The third-order valence-corrected chi connectivity index (χ3v) is 3.08. The number of carbonyl (C=O) groups is 3. The zero-order chi connectivity index (χ0) is 15.0. The van der Waals surface area contributed by atoms with Gasteiger partial charge in [-0.15, -0.1) is 11.8 Å². The zero-order valence-corrected chi connectivity index (χ0v) is 12.2. The molecule has 7 heteroatoms. The number of thioether (sulfide) groups is 1. The van der Waals surface area contributed by atoms with E-state index in [1.54, 1.807) is 6.07 Å². The predicted molar refractivity (Wildman–Crippen MR) is 79.1 cm³/mol. The summed E-state index contributed by atoms with van der Waals surface area (Å²) in [4.78, 5) is 33.5. The van der Waals surface area contributed by atoms with Crippen molar-refractivity contribution in [1.82, 2.24) is 10.9 Å². The molecule has 0 spiro atoms. The molecule has 1 rings (SSSR count). The van der Waals surface area contributed by atoms with Gasteiger partial charge in [0.1, 0.15) is 0 Å². The van der Waals surface area contributed by atoms with Gasteiger partial charge < -0.3 is 5.32 Å². The van der Waals surface area contributed by atoms with E-state index in [9.17, 15) is 14.4 Å². The second-order valence-corrected chi connectivity index (χ2v) is 5.13. The van der Waals surface area contributed by atoms with Gasteiger partial charge in [-0.2, -0.15) is 0 Å². The molecule has 0 heterocycles. The minimum atomic E-state index is -0.353. The summed E-state index contributed by atoms with van der Waals surface area (Å²) < 4.78 is 0. The number of anilines is 1. The van der Waals surface area contributed by atoms with Gasteiger partial charge in [-0.3, -0.25) is 25.2 Å². The van der Waals surface area contributed by atoms with Crippen molar-refractivity contribution in [3.63, 3.8) is 0 Å². The molecule has 0 radical (unpaired) electrons. The first-order valence-electron chi connectivity index (χ1n) is 5.97. The first-order valence-corrected chi connectivity index (χ1v) is 7.12. The molecule has 0 bridgehead atoms. The number of aryl methyl sites for hydroxylation is 1. The number of amides is 3. The highest BCUT2D eigenvalue weighted by atomic mass is 32.2. The second-order valence-electron chi connectivity index (χ2n) is 4.14. The molecule has 1 aromatic carbocycles. The molecule has 0 aromatic heterocycles. The Hall–Kier alpha value is -2.02. The van der Waals surface area contributed by atoms with Crippen molar-refractivity contribution < 1.29 is 14.4 Å². The number of carbonyl (C=O) groups excluding carboxylic acids is 3. The average Bonchev–Trinajstić information content (AvgIpc) is 2.36. The van der Waals surface area contributed by atoms with E-state index >= 15 is 0 Å². The van der Waals surface area contributed by atoms with E-state index in [1.165, 1.54) is 18.7 Å². The number of nitrogens with one attached hydrogen (secondary N) is 3. The highest BCUT2D eigenvalue weighted by molar-refractivity contribution is 8.00. The summed E-state index contributed by atoms with van der Waals surface area (Å²) >= 11 is 1.17. The van der Waals surface area contributed by atoms with Gasteiger partial charge in [-0.25, -0.2) is 0 Å². The molecule has 0 aliphatic carbocycles. The maximum atomic E-state index is 11.6. The molecule has 0 unspecified atom stereocenters. The highest BCUT2D eigenvalue weighted by Gasteiger charge is 2.06. The minimum absolute atomic E-state index is 0.0987. The van der Waals surface area contributed by atoms with E-state index in [4.69, 9.17) is 0 Å². The minimum Gasteiger partial charge on any atom is -0.325 e. The van der Waals surface area contributed by atoms with Crippen molar-refractivity contribution in [2.75, 3.05) is 16.8 Å². The lowest BCUT2D eigenvalue weighted by Gasteiger charge is -2.06. The summed E-state index contributed by atoms with van der Waals surface area (Å²) in [7, 11) is 0. The molecular formula is C13H17N3O3S. The van der Waals surface area contributed by atoms with E-state index in [2.05, 4.69) is 16.2 Å². The lowest BCUT2D eigenvalue weighted by atomic mass is 10.2. The van der Waals surface area contributed by atoms with Gasteiger partial charge >= 0.3 is 0 Å². The molecule has 0 aliphatic rings. The maximum absolute atomic E-state index is 11.6. The number of hydrogen-bond donors (Lipinski definition) is 3. The Kier molecular flexibility index (Phi) is 6.58. The smallest absolute Gasteiger partial charge is 0.248 e. The van der Waals surface area contributed by atoms with Crippen LogP contribution in [0, 0.1) is 6.92 Å². The molecule has 108 valence electrons. The third kappa shape index (κ3) is 6.79. The molecule has 6 nitrogen and oxygen atoms in total. The van der Waals surface area contributed by atoms with Crippen LogP contribution in [0.3, 0.4) is 0 Å². The van der Waals surface area contributed by atoms with E-state index in [1.807, 2.05) is 25.1 Å². The Labute approximate surface area is 121 Å². The fourth-order valence-electron chi connectivity index (χ4n) is 1.35. The molecule has 0 aliphatic heterocycles. The van der Waals surface area contributed by atoms with Crippen molar-refractivity contribution >= 4 is 35.2 Å². The Morgan fingerprint density at radius 1 is 1.10 bits per heavy atom. The topological polar surface area (TPSA) is 87.3 Å². The van der Waals surface area contributed by atoms with Gasteiger partial charge in [0, 0.05) is 12.6 Å². The Morgan fingerprint density at radius 3 is 2.45 bits per heavy atom. The first-order chi connectivity index (χ1) is 9.47. The van der Waals surface area contributed by atoms with Crippen molar-refractivity contribution in [2.24, 2.45) is 0 Å². The fourth-order valence-corrected chi connectivity index (χ4v) is 1.97. The molecule has 3 amide bonds. The fraction of sp³-hybridized carbons (Fsp3) is 0.308. The van der Waals surface area contributed by atoms with Crippen LogP contribution < -0.4 is 16.2 Å². The van der Waals surface area contributed by atoms with Crippen molar-refractivity contribution in [1.29, 1.82) is 0 Å². The van der Waals surface area contributed by atoms with Crippen molar-refractivity contribution in [3.8, 4) is 0 Å². The van der Waals surface area contributed by atoms with Crippen LogP contribution in [0.4, 0.5) is 5.69 Å². The summed E-state index contributed by atoms with van der Waals surface area (Å²) in [5.74, 6) is -0.606. The first kappa shape index (κ1) is 16.0. The maximum Gasteiger partial charge on any atom is 0.248 e. The largest absolute Gasteiger partial charge is 0.325 e. The van der Waals surface area contributed by atoms with Gasteiger partial charge in [0.15, 0.2) is 0 Å². The van der Waals surface area contributed by atoms with E-state index in [-0.39, 0.29) is 29.2 Å². The van der Waals surface area contributed by atoms with Crippen LogP contribution in [0.1, 0.15) is 12.5 Å². The third-order valence-electron chi connectivity index (χ3n) is 2.15. The summed E-state index contributed by atoms with van der Waals surface area (Å²) in [5, 5.41) is 2.75. The predicted octanol–water partition coefficient (Wildman–Crippen LogP) is 0.834. The van der Waals surface area contributed by atoms with E-state index in [0.29, 0.717) is 0 Å². The van der Waals surface area contributed by atoms with E-state index in [0.717, 1.165) is 11.3 Å². The average molecular weight is 295 g/mol. The molecule has 0 fully saturated rings. The summed E-state index contributed by atoms with van der Waals surface area (Å²) in [6, 6.07) is 7.47. The highest BCUT2D eigenvalue weighted by Crippen LogP contribution is 2.10. The standard InChI is InChI=1S/C13H17N3O3S/c1-9-4-3-5-11(6-9)14-12(18)7-20-8-13(19)16-15-10(2)17/h3-6H,7-8H2,1-2H3,(H,14,18)(H,15,17)(H,16,19). The van der Waals surface area contributed by atoms with Gasteiger partial charge in [0.05, 0.1) is 11.5 Å². The van der Waals surface area contributed by atoms with Gasteiger partial charge in [0.2, 0.25) is 17.7 Å². The van der Waals surface area contributed by atoms with Crippen molar-refractivity contribution in [3.05, 3.63) is 29.8 Å². The number of rotatable bonds is 5. The van der Waals surface area contributed by atoms with Gasteiger partial charge in [-0.1, -0.05) is 12.1 Å². The molecule has 3 N–H and O–H groups in total. The Balaban J connectivity index is 2.23. The number of hydrazine groups is 1. The van der Waals surface area contributed by atoms with Crippen LogP contribution in [0.15, 0.2) is 24.3 Å². The summed E-state index contributed by atoms with van der Waals surface area (Å²) in [6.07, 6.45) is 0. The summed E-state index contributed by atoms with van der Waals surface area (Å²) in [6.45, 7) is 3.24. The zero-order valence-electron chi connectivity index (χ0n) is 11.4. The molecule has 0 atom stereocenters. The summed E-state index contributed by atoms with van der Waals surface area (Å²) in [5.41, 5.74) is 6.19. The monoisotopic (exact) mass is 295 g/mol. The van der Waals surface area contributed by atoms with Crippen LogP contribution in [0.5, 0.6) is 0 Å². The quantitative estimate of drug-likeness (QED) is 0.702. The molecule has 0 saturated carbocycles. The van der Waals surface area contributed by atoms with Crippen LogP contribution >= 0.6 is 11.8 Å². The molecule has 0 saturated heterocycles. The Morgan fingerprint density at radius 2 is 1.80 bits per heavy atom. The Bertz CT molecular complexity index is 505. The normalized spacial score (nSPS) is 9.70. The van der Waals surface area contributed by atoms with Crippen molar-refractivity contribution in [2.45, 2.75) is 13.8 Å². The molecule has 1 aromatic rings. The van der Waals surface area contributed by atoms with Crippen LogP contribution in [-0.4, -0.2) is 29.2 Å². The SMILES string of the molecule is CC(=O)NNC(=O)CSCC(=O)Nc1cccc(C)c1. The van der Waals surface area contributed by atoms with Crippen LogP contribution in [0.25, 0.3) is 0 Å². The van der Waals surface area contributed by atoms with Crippen LogP contribution in [0.2, 0.25) is 0 Å². The molecule has 20 heavy (non-hydrogen) atoms. The van der Waals surface area contributed by atoms with Gasteiger partial charge in [0.25, 0.3) is 0 Å². The lowest BCUT2D eigenvalue weighted by molar-refractivity contribution is -0.126. The lowest BCUT2D eigenvalue weighted by Crippen LogP contribution is -2.41. The second kappa shape index (κ2) is 8.21. The van der Waals surface area contributed by atoms with Crippen LogP contribution in [-0.2, 0) is 14.4 Å². The number of benzene rings is 1. The molecular weight excluding hydrogens is 278 g/mol. The van der Waals surface area contributed by atoms with Gasteiger partial charge in [-0.05, 0) is 24.6 Å². The van der Waals surface area contributed by atoms with E-state index < -0.39 is 0 Å². The number of hydrogen-bond acceptors (Lipinski definition) is 4.